The standard InChI is InChI=1S/2C12H16N2S2.Ni/c2*1-3-14(4-2)11(13-12(15)16)10-8-6-5-7-9-10;/h2*5-9H,3-4H2,1-2H3,(H,15,16);/q;;+2/p-2. The monoisotopic (exact) mass is 560 g/mol. The van der Waals surface area contributed by atoms with Gasteiger partial charge in [0.25, 0.3) is 0 Å². The Morgan fingerprint density at radius 2 is 0.909 bits per heavy atom. The summed E-state index contributed by atoms with van der Waals surface area (Å²) in [6.07, 6.45) is 0. The second-order valence-electron chi connectivity index (χ2n) is 6.48. The van der Waals surface area contributed by atoms with E-state index in [9.17, 15) is 0 Å². The Bertz CT molecular complexity index is 822. The SMILES string of the molecule is CCN(CC)C(=NC(=S)[S-])c1ccccc1.CCN(CC)C(=NC(=S)[S-])c1ccccc1.[Ni+2]. The van der Waals surface area contributed by atoms with Crippen LogP contribution in [0.4, 0.5) is 0 Å². The minimum absolute atomic E-state index is 0. The molecule has 180 valence electrons. The van der Waals surface area contributed by atoms with E-state index in [1.807, 2.05) is 60.7 Å². The number of nitrogens with zero attached hydrogens (tertiary/aromatic N) is 4. The number of amidine groups is 2. The van der Waals surface area contributed by atoms with Crippen LogP contribution in [0.3, 0.4) is 0 Å². The third-order valence-corrected chi connectivity index (χ3v) is 4.95. The summed E-state index contributed by atoms with van der Waals surface area (Å²) in [4.78, 5) is 12.8. The predicted octanol–water partition coefficient (Wildman–Crippen LogP) is 5.21. The number of hydrogen-bond donors (Lipinski definition) is 0. The summed E-state index contributed by atoms with van der Waals surface area (Å²) < 4.78 is 0.511. The van der Waals surface area contributed by atoms with Crippen LogP contribution >= 0.6 is 24.4 Å². The number of aliphatic imine (C=N–C) groups is 2. The quantitative estimate of drug-likeness (QED) is 0.158. The first-order valence-corrected chi connectivity index (χ1v) is 12.2. The van der Waals surface area contributed by atoms with Crippen LogP contribution in [0.5, 0.6) is 0 Å². The second kappa shape index (κ2) is 17.9. The second-order valence-corrected chi connectivity index (χ2v) is 8.54. The van der Waals surface area contributed by atoms with Crippen molar-refractivity contribution in [1.82, 2.24) is 9.80 Å². The summed E-state index contributed by atoms with van der Waals surface area (Å²) in [5.41, 5.74) is 2.11. The summed E-state index contributed by atoms with van der Waals surface area (Å²) >= 11 is 19.5. The average Bonchev–Trinajstić information content (AvgIpc) is 2.80. The van der Waals surface area contributed by atoms with Crippen LogP contribution in [0.25, 0.3) is 0 Å². The fourth-order valence-electron chi connectivity index (χ4n) is 3.03. The van der Waals surface area contributed by atoms with Crippen LogP contribution in [0.1, 0.15) is 38.8 Å². The molecule has 2 rings (SSSR count). The van der Waals surface area contributed by atoms with Crippen LogP contribution in [0.15, 0.2) is 70.6 Å². The van der Waals surface area contributed by atoms with Gasteiger partial charge in [0.1, 0.15) is 11.7 Å². The van der Waals surface area contributed by atoms with Gasteiger partial charge in [-0.3, -0.25) is 9.98 Å². The summed E-state index contributed by atoms with van der Waals surface area (Å²) in [6, 6.07) is 20.0. The van der Waals surface area contributed by atoms with Gasteiger partial charge in [0.15, 0.2) is 0 Å². The maximum atomic E-state index is 4.89. The average molecular weight is 561 g/mol. The van der Waals surface area contributed by atoms with Crippen molar-refractivity contribution in [3.05, 3.63) is 71.8 Å². The van der Waals surface area contributed by atoms with E-state index in [0.29, 0.717) is 0 Å². The van der Waals surface area contributed by atoms with Crippen molar-refractivity contribution >= 4 is 70.0 Å². The zero-order chi connectivity index (χ0) is 23.9. The Hall–Kier alpha value is -1.51. The Morgan fingerprint density at radius 1 is 0.636 bits per heavy atom. The molecule has 0 aromatic heterocycles. The molecular weight excluding hydrogens is 531 g/mol. The third kappa shape index (κ3) is 11.5. The van der Waals surface area contributed by atoms with E-state index in [1.165, 1.54) is 0 Å². The molecule has 0 atom stereocenters. The zero-order valence-corrected chi connectivity index (χ0v) is 23.6. The van der Waals surface area contributed by atoms with Crippen molar-refractivity contribution in [2.24, 2.45) is 9.98 Å². The molecule has 0 saturated heterocycles. The van der Waals surface area contributed by atoms with Gasteiger partial charge in [-0.15, -0.1) is 0 Å². The molecule has 0 aliphatic heterocycles. The normalized spacial score (nSPS) is 10.9. The number of benzene rings is 2. The van der Waals surface area contributed by atoms with Crippen molar-refractivity contribution in [2.45, 2.75) is 27.7 Å². The Morgan fingerprint density at radius 3 is 1.12 bits per heavy atom. The van der Waals surface area contributed by atoms with E-state index in [1.54, 1.807) is 0 Å². The Labute approximate surface area is 230 Å². The van der Waals surface area contributed by atoms with Gasteiger partial charge in [0.2, 0.25) is 0 Å². The zero-order valence-electron chi connectivity index (χ0n) is 19.3. The molecule has 0 bridgehead atoms. The molecule has 0 aliphatic carbocycles. The summed E-state index contributed by atoms with van der Waals surface area (Å²) in [5.74, 6) is 1.73. The van der Waals surface area contributed by atoms with Crippen molar-refractivity contribution in [3.63, 3.8) is 0 Å². The summed E-state index contributed by atoms with van der Waals surface area (Å²) in [5, 5.41) is 0. The van der Waals surface area contributed by atoms with E-state index >= 15 is 0 Å². The molecule has 9 heteroatoms. The minimum atomic E-state index is 0. The first-order chi connectivity index (χ1) is 15.4. The smallest absolute Gasteiger partial charge is 0.409 e. The Balaban J connectivity index is 0.000000602. The van der Waals surface area contributed by atoms with E-state index < -0.39 is 0 Å². The van der Waals surface area contributed by atoms with Crippen molar-refractivity contribution in [3.8, 4) is 0 Å². The summed E-state index contributed by atoms with van der Waals surface area (Å²) in [6.45, 7) is 11.9. The number of rotatable bonds is 6. The number of hydrogen-bond acceptors (Lipinski definition) is 4. The van der Waals surface area contributed by atoms with Gasteiger partial charge in [-0.05, 0) is 36.3 Å². The van der Waals surface area contributed by atoms with Gasteiger partial charge in [-0.1, -0.05) is 60.7 Å². The topological polar surface area (TPSA) is 31.2 Å². The Kier molecular flexibility index (Phi) is 17.1. The molecule has 0 N–H and O–H groups in total. The van der Waals surface area contributed by atoms with Crippen molar-refractivity contribution in [2.75, 3.05) is 26.2 Å². The fraction of sp³-hybridized carbons (Fsp3) is 0.333. The van der Waals surface area contributed by atoms with E-state index in [-0.39, 0.29) is 25.1 Å². The van der Waals surface area contributed by atoms with E-state index in [2.05, 4.69) is 47.5 Å². The van der Waals surface area contributed by atoms with Crippen LogP contribution in [0, 0.1) is 0 Å². The minimum Gasteiger partial charge on any atom is -0.409 e. The first kappa shape index (κ1) is 31.5. The van der Waals surface area contributed by atoms with Crippen LogP contribution in [-0.2, 0) is 41.7 Å². The molecule has 0 saturated carbocycles. The maximum Gasteiger partial charge on any atom is 2.00 e. The fourth-order valence-corrected chi connectivity index (χ4v) is 3.38. The van der Waals surface area contributed by atoms with Crippen LogP contribution in [-0.4, -0.2) is 56.3 Å². The molecule has 0 amide bonds. The molecule has 0 radical (unpaired) electrons. The van der Waals surface area contributed by atoms with Gasteiger partial charge in [-0.2, -0.15) is 0 Å². The van der Waals surface area contributed by atoms with E-state index in [4.69, 9.17) is 49.7 Å². The van der Waals surface area contributed by atoms with Gasteiger partial charge < -0.3 is 59.5 Å². The van der Waals surface area contributed by atoms with Crippen LogP contribution < -0.4 is 0 Å². The van der Waals surface area contributed by atoms with Crippen molar-refractivity contribution < 1.29 is 16.5 Å². The molecule has 0 spiro atoms. The van der Waals surface area contributed by atoms with E-state index in [0.717, 1.165) is 49.0 Å². The molecule has 2 aromatic carbocycles. The van der Waals surface area contributed by atoms with Gasteiger partial charge in [0.05, 0.1) is 0 Å². The van der Waals surface area contributed by atoms with Crippen LogP contribution in [0.2, 0.25) is 0 Å². The molecule has 0 heterocycles. The molecule has 4 nitrogen and oxygen atoms in total. The van der Waals surface area contributed by atoms with Gasteiger partial charge in [-0.25, -0.2) is 0 Å². The number of thiocarbonyl (C=S) groups is 2. The van der Waals surface area contributed by atoms with Gasteiger partial charge in [0, 0.05) is 37.3 Å². The maximum absolute atomic E-state index is 4.89. The molecule has 33 heavy (non-hydrogen) atoms. The third-order valence-electron chi connectivity index (χ3n) is 4.58. The predicted molar refractivity (Wildman–Crippen MR) is 152 cm³/mol. The molecule has 2 aromatic rings. The van der Waals surface area contributed by atoms with Crippen molar-refractivity contribution in [1.29, 1.82) is 0 Å². The molecule has 0 aliphatic rings. The largest absolute Gasteiger partial charge is 2.00 e. The molecule has 0 unspecified atom stereocenters. The van der Waals surface area contributed by atoms with Gasteiger partial charge >= 0.3 is 16.5 Å². The molecule has 0 fully saturated rings. The summed E-state index contributed by atoms with van der Waals surface area (Å²) in [7, 11) is 0. The first-order valence-electron chi connectivity index (χ1n) is 10.6. The molecular formula is C24H30N4NiS4.